The molecular formula is C28H30N6O4. The van der Waals surface area contributed by atoms with Gasteiger partial charge in [0.25, 0.3) is 5.56 Å². The summed E-state index contributed by atoms with van der Waals surface area (Å²) in [6, 6.07) is 19.0. The normalized spacial score (nSPS) is 12.3. The van der Waals surface area contributed by atoms with Crippen LogP contribution in [0.2, 0.25) is 0 Å². The van der Waals surface area contributed by atoms with E-state index in [-0.39, 0.29) is 5.56 Å². The number of methoxy groups -OCH3 is 2. The Morgan fingerprint density at radius 1 is 1.08 bits per heavy atom. The molecule has 0 aliphatic heterocycles. The monoisotopic (exact) mass is 514 g/mol. The van der Waals surface area contributed by atoms with Gasteiger partial charge in [0.05, 0.1) is 33.1 Å². The first-order chi connectivity index (χ1) is 18.6. The number of benzene rings is 2. The Morgan fingerprint density at radius 2 is 1.97 bits per heavy atom. The maximum atomic E-state index is 13.6. The van der Waals surface area contributed by atoms with Crippen LogP contribution >= 0.6 is 0 Å². The third kappa shape index (κ3) is 5.51. The maximum absolute atomic E-state index is 13.6. The van der Waals surface area contributed by atoms with Crippen LogP contribution in [0.3, 0.4) is 0 Å². The van der Waals surface area contributed by atoms with Gasteiger partial charge in [-0.3, -0.25) is 9.69 Å². The molecule has 0 aliphatic rings. The number of hydrogen-bond donors (Lipinski definition) is 1. The quantitative estimate of drug-likeness (QED) is 0.283. The fraction of sp³-hybridized carbons (Fsp3) is 0.286. The predicted molar refractivity (Wildman–Crippen MR) is 142 cm³/mol. The fourth-order valence-corrected chi connectivity index (χ4v) is 4.62. The van der Waals surface area contributed by atoms with Crippen molar-refractivity contribution in [3.63, 3.8) is 0 Å². The number of fused-ring (bicyclic) bond motifs is 1. The van der Waals surface area contributed by atoms with Crippen molar-refractivity contribution in [2.24, 2.45) is 0 Å². The highest BCUT2D eigenvalue weighted by Crippen LogP contribution is 2.31. The summed E-state index contributed by atoms with van der Waals surface area (Å²) in [5.74, 6) is 2.04. The number of furan rings is 1. The van der Waals surface area contributed by atoms with Crippen molar-refractivity contribution in [3.8, 4) is 5.75 Å². The lowest BCUT2D eigenvalue weighted by Gasteiger charge is -2.30. The average molecular weight is 515 g/mol. The van der Waals surface area contributed by atoms with E-state index in [1.54, 1.807) is 25.2 Å². The van der Waals surface area contributed by atoms with Gasteiger partial charge in [-0.15, -0.1) is 5.10 Å². The largest absolute Gasteiger partial charge is 0.497 e. The summed E-state index contributed by atoms with van der Waals surface area (Å²) in [5.41, 5.74) is 3.18. The molecule has 3 heterocycles. The molecule has 0 bridgehead atoms. The molecule has 10 nitrogen and oxygen atoms in total. The lowest BCUT2D eigenvalue weighted by molar-refractivity contribution is 0.163. The maximum Gasteiger partial charge on any atom is 0.253 e. The molecule has 2 aromatic carbocycles. The Bertz CT molecular complexity index is 1560. The molecule has 196 valence electrons. The summed E-state index contributed by atoms with van der Waals surface area (Å²) in [5, 5.41) is 13.5. The third-order valence-corrected chi connectivity index (χ3v) is 6.46. The molecule has 3 aromatic heterocycles. The second-order valence-corrected chi connectivity index (χ2v) is 9.14. The third-order valence-electron chi connectivity index (χ3n) is 6.46. The fourth-order valence-electron chi connectivity index (χ4n) is 4.62. The molecule has 5 aromatic rings. The molecule has 5 rings (SSSR count). The average Bonchev–Trinajstić information content (AvgIpc) is 3.60. The van der Waals surface area contributed by atoms with Crippen LogP contribution in [0, 0.1) is 6.92 Å². The van der Waals surface area contributed by atoms with Gasteiger partial charge in [-0.1, -0.05) is 24.3 Å². The summed E-state index contributed by atoms with van der Waals surface area (Å²) in [6.45, 7) is 3.75. The van der Waals surface area contributed by atoms with E-state index in [0.29, 0.717) is 37.6 Å². The number of hydrogen-bond acceptors (Lipinski definition) is 8. The van der Waals surface area contributed by atoms with Gasteiger partial charge in [0.15, 0.2) is 5.82 Å². The number of nitrogens with zero attached hydrogens (tertiary/aromatic N) is 5. The second-order valence-electron chi connectivity index (χ2n) is 9.14. The number of pyridine rings is 1. The van der Waals surface area contributed by atoms with Crippen molar-refractivity contribution < 1.29 is 13.9 Å². The van der Waals surface area contributed by atoms with Crippen LogP contribution in [-0.4, -0.2) is 50.9 Å². The summed E-state index contributed by atoms with van der Waals surface area (Å²) >= 11 is 0. The minimum Gasteiger partial charge on any atom is -0.497 e. The Hall–Kier alpha value is -4.28. The van der Waals surface area contributed by atoms with E-state index in [2.05, 4.69) is 25.4 Å². The molecule has 0 aliphatic carbocycles. The van der Waals surface area contributed by atoms with E-state index >= 15 is 0 Å². The molecule has 10 heteroatoms. The smallest absolute Gasteiger partial charge is 0.253 e. The van der Waals surface area contributed by atoms with Gasteiger partial charge < -0.3 is 18.9 Å². The van der Waals surface area contributed by atoms with Crippen LogP contribution in [0.15, 0.2) is 76.1 Å². The van der Waals surface area contributed by atoms with E-state index in [1.807, 2.05) is 67.6 Å². The highest BCUT2D eigenvalue weighted by Gasteiger charge is 2.31. The Kier molecular flexibility index (Phi) is 7.62. The topological polar surface area (TPSA) is 111 Å². The molecule has 1 atom stereocenters. The molecule has 0 spiro atoms. The second kappa shape index (κ2) is 11.4. The van der Waals surface area contributed by atoms with Crippen molar-refractivity contribution in [2.45, 2.75) is 32.6 Å². The SMILES string of the molecule is COCCn1nnnc1[C@@H](c1cc2ccc(C)cc2[nH]c1=O)N(Cc1cccc(OC)c1)Cc1ccco1. The predicted octanol–water partition coefficient (Wildman–Crippen LogP) is 3.86. The zero-order chi connectivity index (χ0) is 26.5. The zero-order valence-corrected chi connectivity index (χ0v) is 21.6. The first-order valence-corrected chi connectivity index (χ1v) is 12.3. The van der Waals surface area contributed by atoms with Crippen LogP contribution in [0.5, 0.6) is 5.75 Å². The number of ether oxygens (including phenoxy) is 2. The van der Waals surface area contributed by atoms with E-state index in [0.717, 1.165) is 33.5 Å². The Labute approximate surface area is 219 Å². The first kappa shape index (κ1) is 25.4. The lowest BCUT2D eigenvalue weighted by atomic mass is 10.0. The Morgan fingerprint density at radius 3 is 2.76 bits per heavy atom. The lowest BCUT2D eigenvalue weighted by Crippen LogP contribution is -2.35. The highest BCUT2D eigenvalue weighted by molar-refractivity contribution is 5.79. The molecule has 0 saturated carbocycles. The van der Waals surface area contributed by atoms with Crippen molar-refractivity contribution >= 4 is 10.9 Å². The van der Waals surface area contributed by atoms with Gasteiger partial charge >= 0.3 is 0 Å². The summed E-state index contributed by atoms with van der Waals surface area (Å²) < 4.78 is 18.2. The summed E-state index contributed by atoms with van der Waals surface area (Å²) in [7, 11) is 3.27. The molecule has 0 unspecified atom stereocenters. The highest BCUT2D eigenvalue weighted by atomic mass is 16.5. The first-order valence-electron chi connectivity index (χ1n) is 12.3. The number of nitrogens with one attached hydrogen (secondary N) is 1. The molecule has 1 N–H and O–H groups in total. The van der Waals surface area contributed by atoms with Gasteiger partial charge in [-0.05, 0) is 70.3 Å². The number of aromatic amines is 1. The van der Waals surface area contributed by atoms with E-state index in [9.17, 15) is 4.79 Å². The van der Waals surface area contributed by atoms with Gasteiger partial charge in [-0.2, -0.15) is 0 Å². The number of aromatic nitrogens is 5. The van der Waals surface area contributed by atoms with Crippen molar-refractivity contribution in [2.75, 3.05) is 20.8 Å². The summed E-state index contributed by atoms with van der Waals surface area (Å²) in [6.07, 6.45) is 1.64. The standard InChI is InChI=1S/C28H30N6O4/c1-19-9-10-21-16-24(28(35)29-25(21)14-19)26(27-30-31-32-34(27)11-13-36-2)33(18-23-8-5-12-38-23)17-20-6-4-7-22(15-20)37-3/h4-10,12,14-16,26H,11,13,17-18H2,1-3H3,(H,29,35)/t26-/m1/s1. The van der Waals surface area contributed by atoms with Crippen LogP contribution < -0.4 is 10.3 Å². The van der Waals surface area contributed by atoms with Gasteiger partial charge in [0.1, 0.15) is 17.6 Å². The molecular weight excluding hydrogens is 484 g/mol. The number of aryl methyl sites for hydroxylation is 1. The molecule has 0 fully saturated rings. The van der Waals surface area contributed by atoms with E-state index in [4.69, 9.17) is 13.9 Å². The van der Waals surface area contributed by atoms with Crippen LogP contribution in [0.1, 0.15) is 34.3 Å². The van der Waals surface area contributed by atoms with Gasteiger partial charge in [0.2, 0.25) is 0 Å². The van der Waals surface area contributed by atoms with E-state index < -0.39 is 6.04 Å². The number of rotatable bonds is 11. The Balaban J connectivity index is 1.67. The molecule has 0 radical (unpaired) electrons. The zero-order valence-electron chi connectivity index (χ0n) is 21.6. The molecule has 0 amide bonds. The minimum atomic E-state index is -0.590. The van der Waals surface area contributed by atoms with Gasteiger partial charge in [0, 0.05) is 24.7 Å². The number of tetrazole rings is 1. The van der Waals surface area contributed by atoms with Crippen LogP contribution in [0.4, 0.5) is 0 Å². The van der Waals surface area contributed by atoms with Crippen molar-refractivity contribution in [1.29, 1.82) is 0 Å². The van der Waals surface area contributed by atoms with Crippen LogP contribution in [-0.2, 0) is 24.4 Å². The van der Waals surface area contributed by atoms with Gasteiger partial charge in [-0.25, -0.2) is 4.68 Å². The molecule has 38 heavy (non-hydrogen) atoms. The van der Waals surface area contributed by atoms with E-state index in [1.165, 1.54) is 0 Å². The molecule has 0 saturated heterocycles. The van der Waals surface area contributed by atoms with Crippen molar-refractivity contribution in [3.05, 3.63) is 106 Å². The summed E-state index contributed by atoms with van der Waals surface area (Å²) in [4.78, 5) is 18.8. The van der Waals surface area contributed by atoms with Crippen LogP contribution in [0.25, 0.3) is 10.9 Å². The van der Waals surface area contributed by atoms with Crippen molar-refractivity contribution in [1.82, 2.24) is 30.1 Å². The number of H-pyrrole nitrogens is 1. The minimum absolute atomic E-state index is 0.204.